The molecular weight excluding hydrogens is 601 g/mol. The zero-order chi connectivity index (χ0) is 32.1. The molecule has 0 unspecified atom stereocenters. The van der Waals surface area contributed by atoms with E-state index in [1.165, 1.54) is 0 Å². The van der Waals surface area contributed by atoms with Gasteiger partial charge in [-0.15, -0.1) is 0 Å². The molecule has 240 valence electrons. The van der Waals surface area contributed by atoms with Gasteiger partial charge in [0.25, 0.3) is 0 Å². The van der Waals surface area contributed by atoms with E-state index in [9.17, 15) is 0 Å². The summed E-state index contributed by atoms with van der Waals surface area (Å²) in [6.07, 6.45) is 7.26. The fraction of sp³-hybridized carbons (Fsp3) is 0.559. The maximum Gasteiger partial charge on any atom is 0.200 e. The minimum Gasteiger partial charge on any atom is -0.464 e. The Balaban J connectivity index is 1.74. The summed E-state index contributed by atoms with van der Waals surface area (Å²) in [5, 5.41) is 1.78. The van der Waals surface area contributed by atoms with Gasteiger partial charge >= 0.3 is 0 Å². The SMILES string of the molecule is CSc1nccc(-c2c(-c3ccc4occc4c3)nc(CCCO[Si](C(C)C)(C(C)C)C(C)C)n2COCC[Si](C)(C)C)n1. The number of imidazole rings is 1. The fourth-order valence-electron chi connectivity index (χ4n) is 6.49. The Morgan fingerprint density at radius 1 is 0.932 bits per heavy atom. The van der Waals surface area contributed by atoms with Crippen molar-refractivity contribution in [2.45, 2.75) is 109 Å². The predicted molar refractivity (Wildman–Crippen MR) is 190 cm³/mol. The number of fused-ring (bicyclic) bond motifs is 1. The number of thioether (sulfide) groups is 1. The van der Waals surface area contributed by atoms with Gasteiger partial charge in [0.1, 0.15) is 18.1 Å². The topological polar surface area (TPSA) is 75.2 Å². The van der Waals surface area contributed by atoms with E-state index in [-0.39, 0.29) is 0 Å². The number of rotatable bonds is 16. The van der Waals surface area contributed by atoms with Gasteiger partial charge in [0.05, 0.1) is 23.3 Å². The van der Waals surface area contributed by atoms with E-state index in [1.807, 2.05) is 30.7 Å². The predicted octanol–water partition coefficient (Wildman–Crippen LogP) is 9.91. The van der Waals surface area contributed by atoms with E-state index in [4.69, 9.17) is 23.5 Å². The third kappa shape index (κ3) is 7.93. The van der Waals surface area contributed by atoms with Crippen molar-refractivity contribution in [2.75, 3.05) is 19.5 Å². The zero-order valence-electron chi connectivity index (χ0n) is 28.4. The molecule has 0 radical (unpaired) electrons. The number of aryl methyl sites for hydroxylation is 1. The molecule has 0 aliphatic carbocycles. The molecule has 4 rings (SSSR count). The molecule has 0 bridgehead atoms. The highest BCUT2D eigenvalue weighted by Crippen LogP contribution is 2.42. The lowest BCUT2D eigenvalue weighted by Crippen LogP contribution is -2.48. The highest BCUT2D eigenvalue weighted by Gasteiger charge is 2.44. The first-order chi connectivity index (χ1) is 20.9. The molecule has 0 fully saturated rings. The van der Waals surface area contributed by atoms with Gasteiger partial charge in [-0.05, 0) is 65.7 Å². The highest BCUT2D eigenvalue weighted by molar-refractivity contribution is 7.98. The van der Waals surface area contributed by atoms with Gasteiger partial charge < -0.3 is 18.1 Å². The van der Waals surface area contributed by atoms with Gasteiger partial charge in [-0.25, -0.2) is 15.0 Å². The normalized spacial score (nSPS) is 12.8. The van der Waals surface area contributed by atoms with Gasteiger partial charge in [-0.1, -0.05) is 72.9 Å². The van der Waals surface area contributed by atoms with Crippen LogP contribution < -0.4 is 0 Å². The number of aromatic nitrogens is 4. The van der Waals surface area contributed by atoms with Crippen molar-refractivity contribution in [1.29, 1.82) is 0 Å². The van der Waals surface area contributed by atoms with Crippen LogP contribution in [0.5, 0.6) is 0 Å². The number of nitrogens with zero attached hydrogens (tertiary/aromatic N) is 4. The Morgan fingerprint density at radius 3 is 2.32 bits per heavy atom. The van der Waals surface area contributed by atoms with Crippen LogP contribution in [0.15, 0.2) is 52.4 Å². The molecule has 0 amide bonds. The summed E-state index contributed by atoms with van der Waals surface area (Å²) in [7, 11) is -3.17. The van der Waals surface area contributed by atoms with E-state index in [0.717, 1.165) is 76.7 Å². The van der Waals surface area contributed by atoms with Gasteiger partial charge in [-0.2, -0.15) is 0 Å². The van der Waals surface area contributed by atoms with Crippen LogP contribution in [-0.2, 0) is 22.3 Å². The maximum absolute atomic E-state index is 6.93. The van der Waals surface area contributed by atoms with Gasteiger partial charge in [0, 0.05) is 44.9 Å². The van der Waals surface area contributed by atoms with Crippen molar-refractivity contribution < 1.29 is 13.6 Å². The monoisotopic (exact) mass is 652 g/mol. The summed E-state index contributed by atoms with van der Waals surface area (Å²) in [6, 6.07) is 11.4. The Hall–Kier alpha value is -2.25. The van der Waals surface area contributed by atoms with Crippen LogP contribution in [-0.4, -0.2) is 55.4 Å². The first kappa shape index (κ1) is 34.6. The summed E-state index contributed by atoms with van der Waals surface area (Å²) >= 11 is 1.54. The zero-order valence-corrected chi connectivity index (χ0v) is 31.3. The lowest BCUT2D eigenvalue weighted by atomic mass is 10.1. The van der Waals surface area contributed by atoms with Crippen LogP contribution >= 0.6 is 11.8 Å². The summed E-state index contributed by atoms with van der Waals surface area (Å²) < 4.78 is 21.2. The molecule has 3 heterocycles. The first-order valence-corrected chi connectivity index (χ1v) is 23.1. The Labute approximate surface area is 270 Å². The average Bonchev–Trinajstić information content (AvgIpc) is 3.58. The van der Waals surface area contributed by atoms with E-state index < -0.39 is 16.4 Å². The minimum atomic E-state index is -1.94. The van der Waals surface area contributed by atoms with Crippen LogP contribution in [0, 0.1) is 0 Å². The number of furan rings is 1. The summed E-state index contributed by atoms with van der Waals surface area (Å²) in [6.45, 7) is 23.1. The minimum absolute atomic E-state index is 0.429. The molecule has 10 heteroatoms. The largest absolute Gasteiger partial charge is 0.464 e. The molecule has 0 saturated heterocycles. The Morgan fingerprint density at radius 2 is 1.66 bits per heavy atom. The summed E-state index contributed by atoms with van der Waals surface area (Å²) in [5.41, 5.74) is 6.28. The van der Waals surface area contributed by atoms with Crippen molar-refractivity contribution in [1.82, 2.24) is 19.5 Å². The van der Waals surface area contributed by atoms with Gasteiger partial charge in [0.2, 0.25) is 0 Å². The molecular formula is C34H52N4O3SSi2. The Bertz CT molecular complexity index is 1490. The molecule has 0 atom stereocenters. The Kier molecular flexibility index (Phi) is 11.7. The van der Waals surface area contributed by atoms with Crippen LogP contribution in [0.4, 0.5) is 0 Å². The van der Waals surface area contributed by atoms with E-state index >= 15 is 0 Å². The van der Waals surface area contributed by atoms with Crippen LogP contribution in [0.2, 0.25) is 42.3 Å². The first-order valence-electron chi connectivity index (χ1n) is 16.0. The summed E-state index contributed by atoms with van der Waals surface area (Å²) in [5.74, 6) is 0.995. The van der Waals surface area contributed by atoms with Gasteiger partial charge in [0.15, 0.2) is 13.5 Å². The molecule has 0 N–H and O–H groups in total. The second-order valence-electron chi connectivity index (χ2n) is 13.9. The van der Waals surface area contributed by atoms with Crippen molar-refractivity contribution in [3.05, 3.63) is 48.6 Å². The lowest BCUT2D eigenvalue weighted by molar-refractivity contribution is 0.0859. The van der Waals surface area contributed by atoms with Crippen molar-refractivity contribution in [3.8, 4) is 22.6 Å². The van der Waals surface area contributed by atoms with Crippen LogP contribution in [0.1, 0.15) is 53.8 Å². The second kappa shape index (κ2) is 14.9. The number of hydrogen-bond acceptors (Lipinski definition) is 7. The van der Waals surface area contributed by atoms with Crippen LogP contribution in [0.3, 0.4) is 0 Å². The number of benzene rings is 1. The summed E-state index contributed by atoms with van der Waals surface area (Å²) in [4.78, 5) is 14.7. The van der Waals surface area contributed by atoms with E-state index in [2.05, 4.69) is 82.9 Å². The van der Waals surface area contributed by atoms with Crippen LogP contribution in [0.25, 0.3) is 33.6 Å². The second-order valence-corrected chi connectivity index (χ2v) is 25.7. The molecule has 1 aromatic carbocycles. The number of hydrogen-bond donors (Lipinski definition) is 0. The highest BCUT2D eigenvalue weighted by atomic mass is 32.2. The quantitative estimate of drug-likeness (QED) is 0.0516. The lowest BCUT2D eigenvalue weighted by Gasteiger charge is -2.42. The maximum atomic E-state index is 6.93. The molecule has 3 aromatic heterocycles. The molecule has 44 heavy (non-hydrogen) atoms. The van der Waals surface area contributed by atoms with E-state index in [1.54, 1.807) is 18.0 Å². The van der Waals surface area contributed by atoms with Gasteiger partial charge in [-0.3, -0.25) is 0 Å². The number of ether oxygens (including phenoxy) is 1. The molecule has 4 aromatic rings. The van der Waals surface area contributed by atoms with E-state index in [0.29, 0.717) is 23.4 Å². The molecule has 7 nitrogen and oxygen atoms in total. The van der Waals surface area contributed by atoms with Crippen molar-refractivity contribution >= 4 is 39.1 Å². The average molecular weight is 653 g/mol. The third-order valence-corrected chi connectivity index (χ3v) is 17.0. The standard InChI is InChI=1S/C34H52N4O3SSi2/c1-24(2)44(25(3)4,26(5)6)41-18-11-12-31-37-32(28-13-14-30-27(22-28)16-19-40-30)33(29-15-17-35-34(36-29)42-7)38(31)23-39-20-21-43(8,9)10/h13-17,19,22,24-26H,11-12,18,20-21,23H2,1-10H3. The third-order valence-electron chi connectivity index (χ3n) is 8.65. The molecule has 0 saturated carbocycles. The molecule has 0 aliphatic heterocycles. The van der Waals surface area contributed by atoms with Crippen molar-refractivity contribution in [3.63, 3.8) is 0 Å². The smallest absolute Gasteiger partial charge is 0.200 e. The fourth-order valence-corrected chi connectivity index (χ4v) is 13.1. The molecule has 0 spiro atoms. The van der Waals surface area contributed by atoms with Crippen molar-refractivity contribution in [2.24, 2.45) is 0 Å². The molecule has 0 aliphatic rings.